The number of hydrogen-bond donors (Lipinski definition) is 2. The SMILES string of the molecule is CN(CCCCN1C(=O)c2ccccc2C1=O)c1cc(CO)nc(CO)c1. The number of aliphatic hydroxyl groups is 2. The first-order valence-corrected chi connectivity index (χ1v) is 8.93. The summed E-state index contributed by atoms with van der Waals surface area (Å²) in [6.07, 6.45) is 1.48. The van der Waals surface area contributed by atoms with Crippen LogP contribution < -0.4 is 4.90 Å². The second-order valence-electron chi connectivity index (χ2n) is 6.56. The Bertz CT molecular complexity index is 796. The molecule has 0 unspecified atom stereocenters. The van der Waals surface area contributed by atoms with Crippen molar-refractivity contribution >= 4 is 17.5 Å². The normalized spacial score (nSPS) is 13.2. The number of carbonyl (C=O) groups excluding carboxylic acids is 2. The number of unbranched alkanes of at least 4 members (excludes halogenated alkanes) is 1. The molecule has 0 aliphatic carbocycles. The predicted octanol–water partition coefficient (Wildman–Crippen LogP) is 1.58. The summed E-state index contributed by atoms with van der Waals surface area (Å²) in [5.74, 6) is -0.448. The van der Waals surface area contributed by atoms with E-state index in [-0.39, 0.29) is 25.0 Å². The van der Waals surface area contributed by atoms with Crippen LogP contribution in [0, 0.1) is 0 Å². The summed E-state index contributed by atoms with van der Waals surface area (Å²) < 4.78 is 0. The van der Waals surface area contributed by atoms with Crippen LogP contribution in [0.4, 0.5) is 5.69 Å². The zero-order valence-corrected chi connectivity index (χ0v) is 15.3. The number of imide groups is 1. The molecule has 3 rings (SSSR count). The van der Waals surface area contributed by atoms with Gasteiger partial charge in [0, 0.05) is 25.8 Å². The number of amides is 2. The third-order valence-corrected chi connectivity index (χ3v) is 4.68. The Balaban J connectivity index is 1.54. The third kappa shape index (κ3) is 3.99. The lowest BCUT2D eigenvalue weighted by molar-refractivity contribution is 0.0652. The summed E-state index contributed by atoms with van der Waals surface area (Å²) in [6, 6.07) is 10.5. The average Bonchev–Trinajstić information content (AvgIpc) is 2.95. The predicted molar refractivity (Wildman–Crippen MR) is 100 cm³/mol. The molecule has 142 valence electrons. The molecule has 0 bridgehead atoms. The molecule has 2 aromatic rings. The van der Waals surface area contributed by atoms with Crippen molar-refractivity contribution in [3.63, 3.8) is 0 Å². The molecule has 1 aliphatic heterocycles. The van der Waals surface area contributed by atoms with E-state index in [0.717, 1.165) is 12.1 Å². The van der Waals surface area contributed by atoms with Gasteiger partial charge in [-0.15, -0.1) is 0 Å². The summed E-state index contributed by atoms with van der Waals surface area (Å²) in [5, 5.41) is 18.6. The number of pyridine rings is 1. The Kier molecular flexibility index (Phi) is 5.83. The minimum atomic E-state index is -0.224. The zero-order chi connectivity index (χ0) is 19.4. The molecule has 0 spiro atoms. The Labute approximate surface area is 157 Å². The quantitative estimate of drug-likeness (QED) is 0.542. The van der Waals surface area contributed by atoms with Gasteiger partial charge in [0.15, 0.2) is 0 Å². The van der Waals surface area contributed by atoms with Gasteiger partial charge in [-0.25, -0.2) is 0 Å². The van der Waals surface area contributed by atoms with E-state index < -0.39 is 0 Å². The molecule has 7 nitrogen and oxygen atoms in total. The van der Waals surface area contributed by atoms with Crippen LogP contribution in [0.3, 0.4) is 0 Å². The van der Waals surface area contributed by atoms with Crippen molar-refractivity contribution in [2.45, 2.75) is 26.1 Å². The highest BCUT2D eigenvalue weighted by molar-refractivity contribution is 6.21. The molecule has 7 heteroatoms. The fourth-order valence-corrected chi connectivity index (χ4v) is 3.20. The van der Waals surface area contributed by atoms with Crippen molar-refractivity contribution in [1.29, 1.82) is 0 Å². The molecule has 0 fully saturated rings. The fraction of sp³-hybridized carbons (Fsp3) is 0.350. The van der Waals surface area contributed by atoms with E-state index in [9.17, 15) is 19.8 Å². The molecule has 27 heavy (non-hydrogen) atoms. The highest BCUT2D eigenvalue weighted by Gasteiger charge is 2.34. The number of hydrogen-bond acceptors (Lipinski definition) is 6. The molecule has 1 aliphatic rings. The number of rotatable bonds is 8. The van der Waals surface area contributed by atoms with Gasteiger partial charge in [-0.3, -0.25) is 19.5 Å². The molecule has 0 radical (unpaired) electrons. The summed E-state index contributed by atoms with van der Waals surface area (Å²) in [4.78, 5) is 32.1. The van der Waals surface area contributed by atoms with Gasteiger partial charge in [-0.2, -0.15) is 0 Å². The van der Waals surface area contributed by atoms with E-state index >= 15 is 0 Å². The molecular weight excluding hydrogens is 346 g/mol. The first-order chi connectivity index (χ1) is 13.0. The number of benzene rings is 1. The van der Waals surface area contributed by atoms with Crippen LogP contribution in [0.15, 0.2) is 36.4 Å². The van der Waals surface area contributed by atoms with E-state index in [1.165, 1.54) is 4.90 Å². The summed E-state index contributed by atoms with van der Waals surface area (Å²) in [6.45, 7) is 0.728. The van der Waals surface area contributed by atoms with Gasteiger partial charge in [0.2, 0.25) is 0 Å². The Morgan fingerprint density at radius 1 is 0.963 bits per heavy atom. The van der Waals surface area contributed by atoms with Crippen LogP contribution in [0.5, 0.6) is 0 Å². The number of anilines is 1. The molecule has 2 amide bonds. The van der Waals surface area contributed by atoms with E-state index in [0.29, 0.717) is 42.0 Å². The van der Waals surface area contributed by atoms with Gasteiger partial charge >= 0.3 is 0 Å². The Morgan fingerprint density at radius 2 is 1.52 bits per heavy atom. The van der Waals surface area contributed by atoms with Crippen molar-refractivity contribution < 1.29 is 19.8 Å². The standard InChI is InChI=1S/C20H23N3O4/c1-22(16-10-14(12-24)21-15(11-16)13-25)8-4-5-9-23-19(26)17-6-2-3-7-18(17)20(23)27/h2-3,6-7,10-11,24-25H,4-5,8-9,12-13H2,1H3. The number of aliphatic hydroxyl groups excluding tert-OH is 2. The minimum absolute atomic E-state index is 0.186. The van der Waals surface area contributed by atoms with Crippen LogP contribution in [0.2, 0.25) is 0 Å². The molecule has 0 atom stereocenters. The van der Waals surface area contributed by atoms with Gasteiger partial charge < -0.3 is 15.1 Å². The van der Waals surface area contributed by atoms with Crippen molar-refractivity contribution in [3.05, 3.63) is 58.9 Å². The number of fused-ring (bicyclic) bond motifs is 1. The van der Waals surface area contributed by atoms with E-state index in [1.54, 1.807) is 36.4 Å². The smallest absolute Gasteiger partial charge is 0.261 e. The van der Waals surface area contributed by atoms with Crippen molar-refractivity contribution in [2.75, 3.05) is 25.0 Å². The zero-order valence-electron chi connectivity index (χ0n) is 15.3. The van der Waals surface area contributed by atoms with Crippen LogP contribution >= 0.6 is 0 Å². The second-order valence-corrected chi connectivity index (χ2v) is 6.56. The van der Waals surface area contributed by atoms with Crippen molar-refractivity contribution in [1.82, 2.24) is 9.88 Å². The fourth-order valence-electron chi connectivity index (χ4n) is 3.20. The topological polar surface area (TPSA) is 94.0 Å². The molecule has 0 saturated heterocycles. The average molecular weight is 369 g/mol. The number of carbonyl (C=O) groups is 2. The maximum absolute atomic E-state index is 12.3. The number of aromatic nitrogens is 1. The van der Waals surface area contributed by atoms with Crippen LogP contribution in [-0.4, -0.2) is 52.0 Å². The van der Waals surface area contributed by atoms with Gasteiger partial charge in [0.1, 0.15) is 0 Å². The lowest BCUT2D eigenvalue weighted by Gasteiger charge is -2.21. The number of nitrogens with zero attached hydrogens (tertiary/aromatic N) is 3. The second kappa shape index (κ2) is 8.28. The maximum atomic E-state index is 12.3. The summed E-state index contributed by atoms with van der Waals surface area (Å²) in [5.41, 5.74) is 2.83. The molecule has 0 saturated carbocycles. The van der Waals surface area contributed by atoms with E-state index in [2.05, 4.69) is 4.98 Å². The van der Waals surface area contributed by atoms with Crippen LogP contribution in [-0.2, 0) is 13.2 Å². The molecular formula is C20H23N3O4. The van der Waals surface area contributed by atoms with Crippen LogP contribution in [0.25, 0.3) is 0 Å². The highest BCUT2D eigenvalue weighted by Crippen LogP contribution is 2.23. The molecule has 1 aromatic heterocycles. The first kappa shape index (κ1) is 19.0. The molecule has 2 heterocycles. The van der Waals surface area contributed by atoms with Gasteiger partial charge in [0.25, 0.3) is 11.8 Å². The molecule has 1 aromatic carbocycles. The summed E-state index contributed by atoms with van der Waals surface area (Å²) in [7, 11) is 1.92. The van der Waals surface area contributed by atoms with E-state index in [1.807, 2.05) is 11.9 Å². The van der Waals surface area contributed by atoms with E-state index in [4.69, 9.17) is 0 Å². The van der Waals surface area contributed by atoms with Gasteiger partial charge in [-0.05, 0) is 37.1 Å². The first-order valence-electron chi connectivity index (χ1n) is 8.93. The maximum Gasteiger partial charge on any atom is 0.261 e. The van der Waals surface area contributed by atoms with Gasteiger partial charge in [-0.1, -0.05) is 12.1 Å². The van der Waals surface area contributed by atoms with Crippen molar-refractivity contribution in [2.24, 2.45) is 0 Å². The highest BCUT2D eigenvalue weighted by atomic mass is 16.3. The van der Waals surface area contributed by atoms with Crippen molar-refractivity contribution in [3.8, 4) is 0 Å². The third-order valence-electron chi connectivity index (χ3n) is 4.68. The molecule has 2 N–H and O–H groups in total. The minimum Gasteiger partial charge on any atom is -0.390 e. The van der Waals surface area contributed by atoms with Crippen LogP contribution in [0.1, 0.15) is 44.9 Å². The lowest BCUT2D eigenvalue weighted by Crippen LogP contribution is -2.31. The largest absolute Gasteiger partial charge is 0.390 e. The Hall–Kier alpha value is -2.77. The monoisotopic (exact) mass is 369 g/mol. The summed E-state index contributed by atoms with van der Waals surface area (Å²) >= 11 is 0. The van der Waals surface area contributed by atoms with Gasteiger partial charge in [0.05, 0.1) is 35.7 Å². The Morgan fingerprint density at radius 3 is 2.04 bits per heavy atom. The lowest BCUT2D eigenvalue weighted by atomic mass is 10.1.